The number of amides is 1. The second-order valence-corrected chi connectivity index (χ2v) is 8.04. The van der Waals surface area contributed by atoms with E-state index >= 15 is 0 Å². The standard InChI is InChI=1S/C19H19N5O2S2/c1-27-11-9-14(18-23-22-16-8-4-5-10-24(16)18)20-17(25)12-28-19-21-13-6-2-3-7-15(13)26-19/h2-8,10,14H,9,11-12H2,1H3,(H,20,25). The number of benzene rings is 1. The van der Waals surface area contributed by atoms with Crippen LogP contribution >= 0.6 is 23.5 Å². The van der Waals surface area contributed by atoms with E-state index in [2.05, 4.69) is 20.5 Å². The van der Waals surface area contributed by atoms with Crippen LogP contribution in [0.4, 0.5) is 0 Å². The number of nitrogens with one attached hydrogen (secondary N) is 1. The molecule has 0 radical (unpaired) electrons. The van der Waals surface area contributed by atoms with Gasteiger partial charge in [-0.05, 0) is 42.7 Å². The summed E-state index contributed by atoms with van der Waals surface area (Å²) >= 11 is 3.02. The molecule has 0 saturated heterocycles. The van der Waals surface area contributed by atoms with Gasteiger partial charge < -0.3 is 9.73 Å². The van der Waals surface area contributed by atoms with Crippen molar-refractivity contribution in [3.63, 3.8) is 0 Å². The highest BCUT2D eigenvalue weighted by Gasteiger charge is 2.20. The number of thioether (sulfide) groups is 2. The number of nitrogens with zero attached hydrogens (tertiary/aromatic N) is 4. The minimum absolute atomic E-state index is 0.0916. The largest absolute Gasteiger partial charge is 0.431 e. The van der Waals surface area contributed by atoms with Crippen LogP contribution in [0.5, 0.6) is 0 Å². The summed E-state index contributed by atoms with van der Waals surface area (Å²) in [5.74, 6) is 1.78. The molecule has 9 heteroatoms. The summed E-state index contributed by atoms with van der Waals surface area (Å²) in [5, 5.41) is 12.1. The summed E-state index contributed by atoms with van der Waals surface area (Å²) in [5.41, 5.74) is 2.28. The third kappa shape index (κ3) is 4.15. The Bertz CT molecular complexity index is 1060. The van der Waals surface area contributed by atoms with Gasteiger partial charge in [-0.1, -0.05) is 30.0 Å². The molecule has 1 atom stereocenters. The van der Waals surface area contributed by atoms with Gasteiger partial charge in [0, 0.05) is 6.20 Å². The van der Waals surface area contributed by atoms with Crippen molar-refractivity contribution in [1.82, 2.24) is 24.9 Å². The Kier molecular flexibility index (Phi) is 5.82. The summed E-state index contributed by atoms with van der Waals surface area (Å²) < 4.78 is 7.58. The Morgan fingerprint density at radius 2 is 2.07 bits per heavy atom. The molecule has 4 aromatic rings. The van der Waals surface area contributed by atoms with Gasteiger partial charge in [0.25, 0.3) is 5.22 Å². The van der Waals surface area contributed by atoms with E-state index in [1.54, 1.807) is 11.8 Å². The molecule has 0 aliphatic rings. The molecule has 4 rings (SSSR count). The molecule has 3 heterocycles. The highest BCUT2D eigenvalue weighted by Crippen LogP contribution is 2.24. The topological polar surface area (TPSA) is 85.3 Å². The number of pyridine rings is 1. The third-order valence-electron chi connectivity index (χ3n) is 4.20. The zero-order valence-corrected chi connectivity index (χ0v) is 16.9. The number of hydrogen-bond donors (Lipinski definition) is 1. The van der Waals surface area contributed by atoms with Gasteiger partial charge in [0.2, 0.25) is 5.91 Å². The van der Waals surface area contributed by atoms with Gasteiger partial charge in [0.05, 0.1) is 11.8 Å². The van der Waals surface area contributed by atoms with Crippen molar-refractivity contribution in [2.75, 3.05) is 17.8 Å². The Morgan fingerprint density at radius 3 is 2.93 bits per heavy atom. The van der Waals surface area contributed by atoms with E-state index < -0.39 is 0 Å². The van der Waals surface area contributed by atoms with E-state index in [-0.39, 0.29) is 17.7 Å². The van der Waals surface area contributed by atoms with E-state index in [0.717, 1.165) is 34.7 Å². The van der Waals surface area contributed by atoms with Crippen molar-refractivity contribution in [1.29, 1.82) is 0 Å². The van der Waals surface area contributed by atoms with Gasteiger partial charge >= 0.3 is 0 Å². The van der Waals surface area contributed by atoms with Gasteiger partial charge in [-0.25, -0.2) is 4.98 Å². The van der Waals surface area contributed by atoms with Crippen molar-refractivity contribution in [3.8, 4) is 0 Å². The molecule has 0 bridgehead atoms. The molecule has 28 heavy (non-hydrogen) atoms. The van der Waals surface area contributed by atoms with Gasteiger partial charge in [-0.15, -0.1) is 10.2 Å². The highest BCUT2D eigenvalue weighted by molar-refractivity contribution is 7.99. The molecule has 0 fully saturated rings. The quantitative estimate of drug-likeness (QED) is 0.442. The smallest absolute Gasteiger partial charge is 0.257 e. The van der Waals surface area contributed by atoms with Crippen LogP contribution in [-0.2, 0) is 4.79 Å². The monoisotopic (exact) mass is 413 g/mol. The maximum atomic E-state index is 12.6. The Morgan fingerprint density at radius 1 is 1.21 bits per heavy atom. The molecule has 7 nitrogen and oxygen atoms in total. The van der Waals surface area contributed by atoms with Crippen LogP contribution in [0.3, 0.4) is 0 Å². The molecule has 0 spiro atoms. The number of rotatable bonds is 8. The normalized spacial score (nSPS) is 12.5. The predicted molar refractivity (Wildman–Crippen MR) is 112 cm³/mol. The van der Waals surface area contributed by atoms with Crippen LogP contribution < -0.4 is 5.32 Å². The number of hydrogen-bond acceptors (Lipinski definition) is 7. The predicted octanol–water partition coefficient (Wildman–Crippen LogP) is 3.57. The van der Waals surface area contributed by atoms with Gasteiger partial charge in [0.1, 0.15) is 5.52 Å². The summed E-state index contributed by atoms with van der Waals surface area (Å²) in [6.07, 6.45) is 4.73. The van der Waals surface area contributed by atoms with Gasteiger partial charge in [-0.2, -0.15) is 11.8 Å². The summed E-state index contributed by atoms with van der Waals surface area (Å²) in [6.45, 7) is 0. The Hall–Kier alpha value is -2.52. The fourth-order valence-electron chi connectivity index (χ4n) is 2.88. The van der Waals surface area contributed by atoms with Crippen LogP contribution in [0.1, 0.15) is 18.3 Å². The molecule has 1 N–H and O–H groups in total. The second-order valence-electron chi connectivity index (χ2n) is 6.12. The number of para-hydroxylation sites is 2. The second kappa shape index (κ2) is 8.66. The van der Waals surface area contributed by atoms with Crippen molar-refractivity contribution in [2.45, 2.75) is 17.7 Å². The first-order valence-electron chi connectivity index (χ1n) is 8.81. The lowest BCUT2D eigenvalue weighted by atomic mass is 10.2. The molecule has 1 amide bonds. The SMILES string of the molecule is CSCCC(NC(=O)CSc1nc2ccccc2o1)c1nnc2ccccn12. The number of carbonyl (C=O) groups excluding carboxylic acids is 1. The lowest BCUT2D eigenvalue weighted by molar-refractivity contribution is -0.119. The average molecular weight is 414 g/mol. The van der Waals surface area contributed by atoms with Crippen LogP contribution in [0, 0.1) is 0 Å². The number of fused-ring (bicyclic) bond motifs is 2. The minimum atomic E-state index is -0.207. The van der Waals surface area contributed by atoms with Crippen LogP contribution in [0.15, 0.2) is 58.3 Å². The van der Waals surface area contributed by atoms with Gasteiger partial charge in [-0.3, -0.25) is 9.20 Å². The Labute approximate surface area is 170 Å². The lowest BCUT2D eigenvalue weighted by Gasteiger charge is -2.16. The molecule has 1 aromatic carbocycles. The van der Waals surface area contributed by atoms with Crippen molar-refractivity contribution >= 4 is 46.2 Å². The first kappa shape index (κ1) is 18.8. The zero-order chi connectivity index (χ0) is 19.3. The van der Waals surface area contributed by atoms with E-state index in [1.807, 2.05) is 59.3 Å². The molecule has 0 aliphatic carbocycles. The zero-order valence-electron chi connectivity index (χ0n) is 15.2. The van der Waals surface area contributed by atoms with Gasteiger partial charge in [0.15, 0.2) is 17.1 Å². The van der Waals surface area contributed by atoms with E-state index in [1.165, 1.54) is 11.8 Å². The fraction of sp³-hybridized carbons (Fsp3) is 0.263. The first-order chi connectivity index (χ1) is 13.7. The third-order valence-corrected chi connectivity index (χ3v) is 5.67. The summed E-state index contributed by atoms with van der Waals surface area (Å²) in [7, 11) is 0. The van der Waals surface area contributed by atoms with Crippen LogP contribution in [0.25, 0.3) is 16.7 Å². The summed E-state index contributed by atoms with van der Waals surface area (Å²) in [6, 6.07) is 13.1. The summed E-state index contributed by atoms with van der Waals surface area (Å²) in [4.78, 5) is 17.0. The molecule has 1 unspecified atom stereocenters. The average Bonchev–Trinajstić information content (AvgIpc) is 3.33. The number of carbonyl (C=O) groups is 1. The molecule has 0 saturated carbocycles. The van der Waals surface area contributed by atoms with Crippen molar-refractivity contribution in [3.05, 3.63) is 54.5 Å². The van der Waals surface area contributed by atoms with Crippen molar-refractivity contribution < 1.29 is 9.21 Å². The fourth-order valence-corrected chi connectivity index (χ4v) is 4.00. The molecule has 0 aliphatic heterocycles. The molecular formula is C19H19N5O2S2. The van der Waals surface area contributed by atoms with E-state index in [0.29, 0.717) is 5.22 Å². The molecular weight excluding hydrogens is 394 g/mol. The minimum Gasteiger partial charge on any atom is -0.431 e. The van der Waals surface area contributed by atoms with Crippen LogP contribution in [-0.4, -0.2) is 43.3 Å². The van der Waals surface area contributed by atoms with E-state index in [9.17, 15) is 4.79 Å². The maximum absolute atomic E-state index is 12.6. The Balaban J connectivity index is 1.44. The highest BCUT2D eigenvalue weighted by atomic mass is 32.2. The number of oxazole rings is 1. The first-order valence-corrected chi connectivity index (χ1v) is 11.2. The number of aromatic nitrogens is 4. The van der Waals surface area contributed by atoms with Crippen LogP contribution in [0.2, 0.25) is 0 Å². The maximum Gasteiger partial charge on any atom is 0.257 e. The lowest BCUT2D eigenvalue weighted by Crippen LogP contribution is -2.31. The van der Waals surface area contributed by atoms with E-state index in [4.69, 9.17) is 4.42 Å². The molecule has 3 aromatic heterocycles. The molecule has 144 valence electrons. The van der Waals surface area contributed by atoms with Crippen molar-refractivity contribution in [2.24, 2.45) is 0 Å².